The molecule has 0 unspecified atom stereocenters. The Morgan fingerprint density at radius 3 is 2.72 bits per heavy atom. The van der Waals surface area contributed by atoms with E-state index in [1.807, 2.05) is 6.92 Å². The Balaban J connectivity index is 2.45. The molecule has 4 nitrogen and oxygen atoms in total. The molecular formula is C14H17NO3. The highest BCUT2D eigenvalue weighted by Gasteiger charge is 2.01. The van der Waals surface area contributed by atoms with Crippen LogP contribution >= 0.6 is 0 Å². The van der Waals surface area contributed by atoms with Gasteiger partial charge in [0.05, 0.1) is 13.0 Å². The number of hydrogen-bond donors (Lipinski definition) is 2. The summed E-state index contributed by atoms with van der Waals surface area (Å²) in [5.41, 5.74) is 1.53. The number of hydrogen-bond acceptors (Lipinski definition) is 3. The summed E-state index contributed by atoms with van der Waals surface area (Å²) < 4.78 is 5.10. The SMILES string of the molecule is CCOCCC(=O)Nc1ccc(C#CCO)cc1. The van der Waals surface area contributed by atoms with Gasteiger partial charge in [0.2, 0.25) is 5.91 Å². The lowest BCUT2D eigenvalue weighted by molar-refractivity contribution is -0.117. The van der Waals surface area contributed by atoms with Crippen LogP contribution in [0.1, 0.15) is 18.9 Å². The molecule has 0 radical (unpaired) electrons. The molecular weight excluding hydrogens is 230 g/mol. The van der Waals surface area contributed by atoms with Gasteiger partial charge in [-0.25, -0.2) is 0 Å². The van der Waals surface area contributed by atoms with Crippen molar-refractivity contribution in [3.63, 3.8) is 0 Å². The fourth-order valence-corrected chi connectivity index (χ4v) is 1.31. The van der Waals surface area contributed by atoms with Crippen LogP contribution in [0.4, 0.5) is 5.69 Å². The van der Waals surface area contributed by atoms with Crippen molar-refractivity contribution >= 4 is 11.6 Å². The molecule has 0 saturated carbocycles. The van der Waals surface area contributed by atoms with E-state index >= 15 is 0 Å². The van der Waals surface area contributed by atoms with Crippen LogP contribution in [0, 0.1) is 11.8 Å². The highest BCUT2D eigenvalue weighted by molar-refractivity contribution is 5.90. The van der Waals surface area contributed by atoms with Gasteiger partial charge < -0.3 is 15.2 Å². The Morgan fingerprint density at radius 2 is 2.11 bits per heavy atom. The van der Waals surface area contributed by atoms with Crippen LogP contribution < -0.4 is 5.32 Å². The third kappa shape index (κ3) is 5.48. The van der Waals surface area contributed by atoms with E-state index in [0.717, 1.165) is 11.3 Å². The molecule has 1 aromatic carbocycles. The summed E-state index contributed by atoms with van der Waals surface area (Å²) in [5, 5.41) is 11.3. The average Bonchev–Trinajstić information content (AvgIpc) is 2.38. The van der Waals surface area contributed by atoms with Gasteiger partial charge in [0.15, 0.2) is 0 Å². The maximum atomic E-state index is 11.5. The van der Waals surface area contributed by atoms with Crippen molar-refractivity contribution in [2.75, 3.05) is 25.1 Å². The summed E-state index contributed by atoms with van der Waals surface area (Å²) >= 11 is 0. The number of carbonyl (C=O) groups excluding carboxylic acids is 1. The Bertz CT molecular complexity index is 429. The predicted molar refractivity (Wildman–Crippen MR) is 70.1 cm³/mol. The largest absolute Gasteiger partial charge is 0.384 e. The van der Waals surface area contributed by atoms with Crippen molar-refractivity contribution in [2.24, 2.45) is 0 Å². The minimum Gasteiger partial charge on any atom is -0.384 e. The fourth-order valence-electron chi connectivity index (χ4n) is 1.31. The normalized spacial score (nSPS) is 9.44. The standard InChI is InChI=1S/C14H17NO3/c1-2-18-11-9-14(17)15-13-7-5-12(6-8-13)4-3-10-16/h5-8,16H,2,9-11H2,1H3,(H,15,17). The molecule has 4 heteroatoms. The second-order valence-electron chi connectivity index (χ2n) is 3.53. The van der Waals surface area contributed by atoms with E-state index in [0.29, 0.717) is 19.6 Å². The number of anilines is 1. The molecule has 0 aliphatic heterocycles. The number of aliphatic hydroxyl groups excluding tert-OH is 1. The van der Waals surface area contributed by atoms with Gasteiger partial charge in [0, 0.05) is 17.9 Å². The van der Waals surface area contributed by atoms with Gasteiger partial charge in [0.25, 0.3) is 0 Å². The van der Waals surface area contributed by atoms with Crippen molar-refractivity contribution < 1.29 is 14.6 Å². The van der Waals surface area contributed by atoms with Crippen molar-refractivity contribution in [3.8, 4) is 11.8 Å². The molecule has 2 N–H and O–H groups in total. The maximum absolute atomic E-state index is 11.5. The first-order valence-electron chi connectivity index (χ1n) is 5.83. The number of benzene rings is 1. The van der Waals surface area contributed by atoms with E-state index in [9.17, 15) is 4.79 Å². The van der Waals surface area contributed by atoms with Crippen LogP contribution in [0.25, 0.3) is 0 Å². The number of carbonyl (C=O) groups is 1. The Kier molecular flexibility index (Phi) is 6.55. The first-order valence-corrected chi connectivity index (χ1v) is 5.83. The van der Waals surface area contributed by atoms with Gasteiger partial charge in [-0.15, -0.1) is 0 Å². The molecule has 1 amide bonds. The predicted octanol–water partition coefficient (Wildman–Crippen LogP) is 1.40. The van der Waals surface area contributed by atoms with E-state index < -0.39 is 0 Å². The van der Waals surface area contributed by atoms with E-state index in [-0.39, 0.29) is 12.5 Å². The Morgan fingerprint density at radius 1 is 1.39 bits per heavy atom. The van der Waals surface area contributed by atoms with Gasteiger partial charge in [-0.1, -0.05) is 11.8 Å². The van der Waals surface area contributed by atoms with Gasteiger partial charge in [0.1, 0.15) is 6.61 Å². The molecule has 0 aromatic heterocycles. The van der Waals surface area contributed by atoms with Crippen molar-refractivity contribution in [1.29, 1.82) is 0 Å². The summed E-state index contributed by atoms with van der Waals surface area (Å²) in [7, 11) is 0. The number of aliphatic hydroxyl groups is 1. The smallest absolute Gasteiger partial charge is 0.226 e. The summed E-state index contributed by atoms with van der Waals surface area (Å²) in [5.74, 6) is 5.27. The van der Waals surface area contributed by atoms with E-state index in [1.165, 1.54) is 0 Å². The Hall–Kier alpha value is -1.83. The zero-order valence-electron chi connectivity index (χ0n) is 10.4. The molecule has 96 valence electrons. The number of ether oxygens (including phenoxy) is 1. The molecule has 0 aliphatic rings. The Labute approximate surface area is 107 Å². The molecule has 1 rings (SSSR count). The molecule has 0 saturated heterocycles. The maximum Gasteiger partial charge on any atom is 0.226 e. The summed E-state index contributed by atoms with van der Waals surface area (Å²) in [4.78, 5) is 11.5. The quantitative estimate of drug-likeness (QED) is 0.610. The topological polar surface area (TPSA) is 58.6 Å². The molecule has 1 aromatic rings. The number of rotatable bonds is 5. The zero-order valence-corrected chi connectivity index (χ0v) is 10.4. The fraction of sp³-hybridized carbons (Fsp3) is 0.357. The van der Waals surface area contributed by atoms with Gasteiger partial charge in [-0.3, -0.25) is 4.79 Å². The second-order valence-corrected chi connectivity index (χ2v) is 3.53. The summed E-state index contributed by atoms with van der Waals surface area (Å²) in [6.45, 7) is 2.79. The van der Waals surface area contributed by atoms with Crippen LogP contribution in [-0.4, -0.2) is 30.8 Å². The molecule has 18 heavy (non-hydrogen) atoms. The molecule has 0 aliphatic carbocycles. The molecule has 0 atom stereocenters. The summed E-state index contributed by atoms with van der Waals surface area (Å²) in [6, 6.07) is 7.14. The van der Waals surface area contributed by atoms with Crippen LogP contribution in [-0.2, 0) is 9.53 Å². The van der Waals surface area contributed by atoms with Crippen LogP contribution in [0.15, 0.2) is 24.3 Å². The van der Waals surface area contributed by atoms with Gasteiger partial charge in [-0.05, 0) is 31.2 Å². The van der Waals surface area contributed by atoms with Crippen molar-refractivity contribution in [2.45, 2.75) is 13.3 Å². The third-order valence-electron chi connectivity index (χ3n) is 2.16. The second kappa shape index (κ2) is 8.29. The van der Waals surface area contributed by atoms with Crippen LogP contribution in [0.2, 0.25) is 0 Å². The minimum absolute atomic E-state index is 0.0716. The first kappa shape index (κ1) is 14.2. The lowest BCUT2D eigenvalue weighted by Gasteiger charge is -2.05. The van der Waals surface area contributed by atoms with Gasteiger partial charge in [-0.2, -0.15) is 0 Å². The summed E-state index contributed by atoms with van der Waals surface area (Å²) in [6.07, 6.45) is 0.347. The average molecular weight is 247 g/mol. The molecule has 0 fully saturated rings. The van der Waals surface area contributed by atoms with Gasteiger partial charge >= 0.3 is 0 Å². The number of amides is 1. The monoisotopic (exact) mass is 247 g/mol. The van der Waals surface area contributed by atoms with Crippen molar-refractivity contribution in [1.82, 2.24) is 0 Å². The van der Waals surface area contributed by atoms with Crippen LogP contribution in [0.3, 0.4) is 0 Å². The zero-order chi connectivity index (χ0) is 13.2. The van der Waals surface area contributed by atoms with E-state index in [2.05, 4.69) is 17.2 Å². The lowest BCUT2D eigenvalue weighted by atomic mass is 10.2. The highest BCUT2D eigenvalue weighted by atomic mass is 16.5. The molecule has 0 bridgehead atoms. The number of nitrogens with one attached hydrogen (secondary N) is 1. The van der Waals surface area contributed by atoms with Crippen LogP contribution in [0.5, 0.6) is 0 Å². The third-order valence-corrected chi connectivity index (χ3v) is 2.16. The van der Waals surface area contributed by atoms with E-state index in [1.54, 1.807) is 24.3 Å². The lowest BCUT2D eigenvalue weighted by Crippen LogP contribution is -2.14. The highest BCUT2D eigenvalue weighted by Crippen LogP contribution is 2.09. The van der Waals surface area contributed by atoms with E-state index in [4.69, 9.17) is 9.84 Å². The minimum atomic E-state index is -0.157. The molecule has 0 spiro atoms. The first-order chi connectivity index (χ1) is 8.76. The molecule has 0 heterocycles. The van der Waals surface area contributed by atoms with Crippen molar-refractivity contribution in [3.05, 3.63) is 29.8 Å².